The van der Waals surface area contributed by atoms with Crippen LogP contribution < -0.4 is 0 Å². The Balaban J connectivity index is 3.05. The Morgan fingerprint density at radius 3 is 2.82 bits per heavy atom. The fourth-order valence-electron chi connectivity index (χ4n) is 1.72. The van der Waals surface area contributed by atoms with Crippen LogP contribution >= 0.6 is 15.9 Å². The van der Waals surface area contributed by atoms with Gasteiger partial charge in [-0.15, -0.1) is 0 Å². The molecule has 0 aliphatic heterocycles. The van der Waals surface area contributed by atoms with Crippen molar-refractivity contribution in [2.24, 2.45) is 0 Å². The van der Waals surface area contributed by atoms with Gasteiger partial charge in [-0.25, -0.2) is 4.79 Å². The van der Waals surface area contributed by atoms with Crippen LogP contribution in [0.3, 0.4) is 0 Å². The second-order valence-electron chi connectivity index (χ2n) is 3.61. The number of carbonyl (C=O) groups is 1. The third kappa shape index (κ3) is 3.82. The Hall–Kier alpha value is -0.870. The van der Waals surface area contributed by atoms with Crippen molar-refractivity contribution in [3.8, 4) is 0 Å². The molecule has 0 saturated carbocycles. The average molecular weight is 301 g/mol. The highest BCUT2D eigenvalue weighted by molar-refractivity contribution is 9.09. The lowest BCUT2D eigenvalue weighted by atomic mass is 9.97. The summed E-state index contributed by atoms with van der Waals surface area (Å²) in [4.78, 5) is 11.8. The van der Waals surface area contributed by atoms with Crippen LogP contribution in [-0.4, -0.2) is 23.0 Å². The summed E-state index contributed by atoms with van der Waals surface area (Å²) in [5, 5.41) is 10.2. The Labute approximate surface area is 110 Å². The van der Waals surface area contributed by atoms with Crippen LogP contribution in [0.25, 0.3) is 0 Å². The Bertz CT molecular complexity index is 377. The third-order valence-corrected chi connectivity index (χ3v) is 3.06. The van der Waals surface area contributed by atoms with Crippen molar-refractivity contribution in [3.63, 3.8) is 0 Å². The van der Waals surface area contributed by atoms with Crippen LogP contribution in [0, 0.1) is 0 Å². The zero-order valence-corrected chi connectivity index (χ0v) is 11.5. The fourth-order valence-corrected chi connectivity index (χ4v) is 2.00. The maximum absolute atomic E-state index is 11.8. The normalized spacial score (nSPS) is 10.3. The summed E-state index contributed by atoms with van der Waals surface area (Å²) in [6.07, 6.45) is 1.68. The minimum absolute atomic E-state index is 0.0507. The highest BCUT2D eigenvalue weighted by Gasteiger charge is 2.14. The van der Waals surface area contributed by atoms with Gasteiger partial charge in [0.2, 0.25) is 0 Å². The van der Waals surface area contributed by atoms with Gasteiger partial charge in [-0.1, -0.05) is 28.1 Å². The minimum atomic E-state index is -0.313. The maximum Gasteiger partial charge on any atom is 0.338 e. The van der Waals surface area contributed by atoms with E-state index in [4.69, 9.17) is 4.74 Å². The van der Waals surface area contributed by atoms with Crippen molar-refractivity contribution in [1.29, 1.82) is 0 Å². The summed E-state index contributed by atoms with van der Waals surface area (Å²) in [5.41, 5.74) is 2.27. The number of hydrogen-bond acceptors (Lipinski definition) is 3. The van der Waals surface area contributed by atoms with Crippen LogP contribution in [0.2, 0.25) is 0 Å². The van der Waals surface area contributed by atoms with Gasteiger partial charge in [-0.3, -0.25) is 0 Å². The molecule has 0 atom stereocenters. The first-order valence-corrected chi connectivity index (χ1v) is 6.81. The minimum Gasteiger partial charge on any atom is -0.462 e. The Kier molecular flexibility index (Phi) is 6.22. The van der Waals surface area contributed by atoms with Gasteiger partial charge in [0, 0.05) is 5.33 Å². The molecule has 0 heterocycles. The van der Waals surface area contributed by atoms with Gasteiger partial charge in [0.05, 0.1) is 18.8 Å². The molecule has 0 aliphatic carbocycles. The van der Waals surface area contributed by atoms with Gasteiger partial charge in [0.25, 0.3) is 0 Å². The van der Waals surface area contributed by atoms with E-state index in [-0.39, 0.29) is 12.6 Å². The summed E-state index contributed by atoms with van der Waals surface area (Å²) in [7, 11) is 0. The third-order valence-electron chi connectivity index (χ3n) is 2.50. The predicted molar refractivity (Wildman–Crippen MR) is 70.4 cm³/mol. The molecule has 4 heteroatoms. The van der Waals surface area contributed by atoms with Crippen molar-refractivity contribution >= 4 is 21.9 Å². The first-order valence-electron chi connectivity index (χ1n) is 5.69. The molecular weight excluding hydrogens is 284 g/mol. The van der Waals surface area contributed by atoms with Crippen LogP contribution in [0.1, 0.15) is 34.8 Å². The molecule has 1 rings (SSSR count). The molecule has 94 valence electrons. The lowest BCUT2D eigenvalue weighted by molar-refractivity contribution is 0.0525. The summed E-state index contributed by atoms with van der Waals surface area (Å²) in [6, 6.07) is 5.36. The van der Waals surface area contributed by atoms with Crippen molar-refractivity contribution in [3.05, 3.63) is 34.9 Å². The highest BCUT2D eigenvalue weighted by atomic mass is 79.9. The van der Waals surface area contributed by atoms with E-state index in [0.717, 1.165) is 29.3 Å². The SMILES string of the molecule is CCOC(=O)c1cccc(CO)c1CCCBr. The monoisotopic (exact) mass is 300 g/mol. The van der Waals surface area contributed by atoms with Crippen LogP contribution in [0.5, 0.6) is 0 Å². The molecule has 0 amide bonds. The van der Waals surface area contributed by atoms with Crippen molar-refractivity contribution < 1.29 is 14.6 Å². The molecule has 1 aromatic carbocycles. The van der Waals surface area contributed by atoms with Crippen LogP contribution in [0.15, 0.2) is 18.2 Å². The van der Waals surface area contributed by atoms with E-state index < -0.39 is 0 Å². The average Bonchev–Trinajstić information content (AvgIpc) is 2.36. The first kappa shape index (κ1) is 14.2. The first-order chi connectivity index (χ1) is 8.24. The maximum atomic E-state index is 11.8. The number of ether oxygens (including phenoxy) is 1. The number of aliphatic hydroxyl groups excluding tert-OH is 1. The number of carbonyl (C=O) groups excluding carboxylic acids is 1. The van der Waals surface area contributed by atoms with Gasteiger partial charge in [0.1, 0.15) is 0 Å². The van der Waals surface area contributed by atoms with Crippen LogP contribution in [-0.2, 0) is 17.8 Å². The van der Waals surface area contributed by atoms with Crippen molar-refractivity contribution in [2.45, 2.75) is 26.4 Å². The van der Waals surface area contributed by atoms with E-state index in [0.29, 0.717) is 12.2 Å². The number of esters is 1. The van der Waals surface area contributed by atoms with E-state index in [1.54, 1.807) is 19.1 Å². The Morgan fingerprint density at radius 1 is 1.47 bits per heavy atom. The van der Waals surface area contributed by atoms with Crippen molar-refractivity contribution in [1.82, 2.24) is 0 Å². The molecule has 0 bridgehead atoms. The van der Waals surface area contributed by atoms with Crippen LogP contribution in [0.4, 0.5) is 0 Å². The molecule has 0 radical (unpaired) electrons. The molecular formula is C13H17BrO3. The van der Waals surface area contributed by atoms with E-state index in [2.05, 4.69) is 15.9 Å². The number of alkyl halides is 1. The lowest BCUT2D eigenvalue weighted by Crippen LogP contribution is -2.10. The lowest BCUT2D eigenvalue weighted by Gasteiger charge is -2.12. The van der Waals surface area contributed by atoms with E-state index in [9.17, 15) is 9.90 Å². The fraction of sp³-hybridized carbons (Fsp3) is 0.462. The predicted octanol–water partition coefficient (Wildman–Crippen LogP) is 2.68. The zero-order chi connectivity index (χ0) is 12.7. The van der Waals surface area contributed by atoms with Gasteiger partial charge in [-0.05, 0) is 37.0 Å². The smallest absolute Gasteiger partial charge is 0.338 e. The molecule has 0 unspecified atom stereocenters. The Morgan fingerprint density at radius 2 is 2.24 bits per heavy atom. The molecule has 0 fully saturated rings. The molecule has 1 aromatic rings. The summed E-state index contributed by atoms with van der Waals surface area (Å²) in [6.45, 7) is 2.09. The summed E-state index contributed by atoms with van der Waals surface area (Å²) < 4.78 is 5.02. The number of rotatable bonds is 6. The van der Waals surface area contributed by atoms with Crippen molar-refractivity contribution in [2.75, 3.05) is 11.9 Å². The quantitative estimate of drug-likeness (QED) is 0.649. The van der Waals surface area contributed by atoms with Gasteiger partial charge in [0.15, 0.2) is 0 Å². The van der Waals surface area contributed by atoms with Gasteiger partial charge < -0.3 is 9.84 Å². The molecule has 3 nitrogen and oxygen atoms in total. The number of benzene rings is 1. The number of hydrogen-bond donors (Lipinski definition) is 1. The summed E-state index contributed by atoms with van der Waals surface area (Å²) in [5.74, 6) is -0.313. The molecule has 0 spiro atoms. The van der Waals surface area contributed by atoms with E-state index in [1.807, 2.05) is 6.07 Å². The molecule has 0 saturated heterocycles. The molecule has 17 heavy (non-hydrogen) atoms. The summed E-state index contributed by atoms with van der Waals surface area (Å²) >= 11 is 3.37. The molecule has 0 aliphatic rings. The molecule has 0 aromatic heterocycles. The zero-order valence-electron chi connectivity index (χ0n) is 9.91. The second-order valence-corrected chi connectivity index (χ2v) is 4.41. The second kappa shape index (κ2) is 7.45. The number of aliphatic hydroxyl groups is 1. The van der Waals surface area contributed by atoms with E-state index in [1.165, 1.54) is 0 Å². The standard InChI is InChI=1S/C13H17BrO3/c1-2-17-13(16)12-6-3-5-10(9-15)11(12)7-4-8-14/h3,5-6,15H,2,4,7-9H2,1H3. The van der Waals surface area contributed by atoms with Gasteiger partial charge in [-0.2, -0.15) is 0 Å². The van der Waals surface area contributed by atoms with Gasteiger partial charge >= 0.3 is 5.97 Å². The number of halogens is 1. The largest absolute Gasteiger partial charge is 0.462 e. The highest BCUT2D eigenvalue weighted by Crippen LogP contribution is 2.18. The van der Waals surface area contributed by atoms with E-state index >= 15 is 0 Å². The topological polar surface area (TPSA) is 46.5 Å². The molecule has 1 N–H and O–H groups in total.